The standard InChI is InChI=1S/C15H25N3S/c1-2-18-10-5-8-15(16,9-11-18)14-17-12-6-3-4-7-13(12)19-14/h2-11,16H2,1H3. The van der Waals surface area contributed by atoms with Crippen molar-refractivity contribution in [3.05, 3.63) is 15.6 Å². The molecule has 1 fully saturated rings. The summed E-state index contributed by atoms with van der Waals surface area (Å²) >= 11 is 1.90. The van der Waals surface area contributed by atoms with Gasteiger partial charge in [-0.1, -0.05) is 6.92 Å². The van der Waals surface area contributed by atoms with E-state index in [1.807, 2.05) is 11.3 Å². The second kappa shape index (κ2) is 5.51. The van der Waals surface area contributed by atoms with Gasteiger partial charge in [0.15, 0.2) is 0 Å². The Hall–Kier alpha value is -0.450. The number of nitrogens with zero attached hydrogens (tertiary/aromatic N) is 2. The number of nitrogens with two attached hydrogens (primary N) is 1. The summed E-state index contributed by atoms with van der Waals surface area (Å²) in [5.74, 6) is 0. The zero-order chi connectivity index (χ0) is 13.3. The molecule has 106 valence electrons. The number of fused-ring (bicyclic) bond motifs is 1. The Morgan fingerprint density at radius 1 is 1.21 bits per heavy atom. The predicted octanol–water partition coefficient (Wildman–Crippen LogP) is 2.68. The second-order valence-corrected chi connectivity index (χ2v) is 7.12. The molecule has 1 aliphatic carbocycles. The molecule has 1 aromatic heterocycles. The van der Waals surface area contributed by atoms with Crippen LogP contribution in [0.2, 0.25) is 0 Å². The van der Waals surface area contributed by atoms with E-state index < -0.39 is 0 Å². The molecule has 3 nitrogen and oxygen atoms in total. The average molecular weight is 279 g/mol. The summed E-state index contributed by atoms with van der Waals surface area (Å²) in [6, 6.07) is 0. The molecule has 1 atom stereocenters. The lowest BCUT2D eigenvalue weighted by Crippen LogP contribution is -2.37. The van der Waals surface area contributed by atoms with Gasteiger partial charge in [-0.2, -0.15) is 0 Å². The summed E-state index contributed by atoms with van der Waals surface area (Å²) in [7, 11) is 0. The van der Waals surface area contributed by atoms with Crippen molar-refractivity contribution < 1.29 is 0 Å². The van der Waals surface area contributed by atoms with E-state index in [-0.39, 0.29) is 5.54 Å². The maximum absolute atomic E-state index is 6.73. The average Bonchev–Trinajstić information content (AvgIpc) is 2.78. The fourth-order valence-corrected chi connectivity index (χ4v) is 4.62. The molecule has 2 aliphatic rings. The molecule has 0 amide bonds. The number of aryl methyl sites for hydroxylation is 2. The van der Waals surface area contributed by atoms with E-state index in [0.717, 1.165) is 25.9 Å². The van der Waals surface area contributed by atoms with Gasteiger partial charge in [0, 0.05) is 11.4 Å². The summed E-state index contributed by atoms with van der Waals surface area (Å²) in [6.07, 6.45) is 8.39. The zero-order valence-corrected chi connectivity index (χ0v) is 12.8. The second-order valence-electron chi connectivity index (χ2n) is 6.04. The van der Waals surface area contributed by atoms with Crippen LogP contribution in [0.1, 0.15) is 54.6 Å². The lowest BCUT2D eigenvalue weighted by atomic mass is 9.92. The fourth-order valence-electron chi connectivity index (χ4n) is 3.31. The largest absolute Gasteiger partial charge is 0.319 e. The Morgan fingerprint density at radius 2 is 2.05 bits per heavy atom. The number of thiazole rings is 1. The van der Waals surface area contributed by atoms with Crippen LogP contribution in [0.4, 0.5) is 0 Å². The number of likely N-dealkylation sites (tertiary alicyclic amines) is 1. The molecule has 0 bridgehead atoms. The third-order valence-electron chi connectivity index (χ3n) is 4.69. The predicted molar refractivity (Wildman–Crippen MR) is 80.6 cm³/mol. The van der Waals surface area contributed by atoms with E-state index in [2.05, 4.69) is 11.8 Å². The molecule has 0 radical (unpaired) electrons. The lowest BCUT2D eigenvalue weighted by Gasteiger charge is -2.25. The number of aromatic nitrogens is 1. The summed E-state index contributed by atoms with van der Waals surface area (Å²) in [6.45, 7) is 5.70. The maximum atomic E-state index is 6.73. The van der Waals surface area contributed by atoms with Crippen LogP contribution >= 0.6 is 11.3 Å². The molecule has 1 aromatic rings. The Bertz CT molecular complexity index is 419. The topological polar surface area (TPSA) is 42.1 Å². The van der Waals surface area contributed by atoms with Crippen molar-refractivity contribution in [1.29, 1.82) is 0 Å². The van der Waals surface area contributed by atoms with Crippen LogP contribution in [0, 0.1) is 0 Å². The van der Waals surface area contributed by atoms with Crippen molar-refractivity contribution in [2.45, 2.75) is 57.4 Å². The van der Waals surface area contributed by atoms with Gasteiger partial charge in [-0.25, -0.2) is 4.98 Å². The lowest BCUT2D eigenvalue weighted by molar-refractivity contribution is 0.289. The van der Waals surface area contributed by atoms with Gasteiger partial charge in [0.2, 0.25) is 0 Å². The molecule has 2 heterocycles. The van der Waals surface area contributed by atoms with Crippen LogP contribution in [0.3, 0.4) is 0 Å². The van der Waals surface area contributed by atoms with Gasteiger partial charge in [0.1, 0.15) is 5.01 Å². The van der Waals surface area contributed by atoms with Crippen LogP contribution in [0.15, 0.2) is 0 Å². The van der Waals surface area contributed by atoms with Crippen LogP contribution in [-0.2, 0) is 18.4 Å². The Labute approximate surface area is 120 Å². The number of hydrogen-bond donors (Lipinski definition) is 1. The first-order valence-electron chi connectivity index (χ1n) is 7.71. The highest BCUT2D eigenvalue weighted by molar-refractivity contribution is 7.11. The molecule has 1 unspecified atom stereocenters. The van der Waals surface area contributed by atoms with Gasteiger partial charge < -0.3 is 10.6 Å². The Morgan fingerprint density at radius 3 is 2.84 bits per heavy atom. The molecule has 1 saturated heterocycles. The van der Waals surface area contributed by atoms with Crippen molar-refractivity contribution in [3.63, 3.8) is 0 Å². The first kappa shape index (κ1) is 13.5. The van der Waals surface area contributed by atoms with E-state index in [4.69, 9.17) is 10.7 Å². The molecule has 0 aromatic carbocycles. The third-order valence-corrected chi connectivity index (χ3v) is 6.07. The summed E-state index contributed by atoms with van der Waals surface area (Å²) < 4.78 is 0. The van der Waals surface area contributed by atoms with E-state index in [1.54, 1.807) is 0 Å². The van der Waals surface area contributed by atoms with Gasteiger partial charge in [-0.05, 0) is 58.0 Å². The minimum atomic E-state index is -0.161. The highest BCUT2D eigenvalue weighted by atomic mass is 32.1. The van der Waals surface area contributed by atoms with Gasteiger partial charge in [-0.15, -0.1) is 11.3 Å². The van der Waals surface area contributed by atoms with Gasteiger partial charge in [0.25, 0.3) is 0 Å². The molecule has 1 aliphatic heterocycles. The first-order valence-corrected chi connectivity index (χ1v) is 8.53. The summed E-state index contributed by atoms with van der Waals surface area (Å²) in [5.41, 5.74) is 7.92. The van der Waals surface area contributed by atoms with Gasteiger partial charge in [-0.3, -0.25) is 0 Å². The Kier molecular flexibility index (Phi) is 3.92. The van der Waals surface area contributed by atoms with Crippen molar-refractivity contribution in [3.8, 4) is 0 Å². The first-order chi connectivity index (χ1) is 9.21. The van der Waals surface area contributed by atoms with E-state index in [9.17, 15) is 0 Å². The molecular formula is C15H25N3S. The number of rotatable bonds is 2. The normalized spacial score (nSPS) is 28.9. The highest BCUT2D eigenvalue weighted by Crippen LogP contribution is 2.36. The summed E-state index contributed by atoms with van der Waals surface area (Å²) in [4.78, 5) is 8.95. The quantitative estimate of drug-likeness (QED) is 0.905. The molecular weight excluding hydrogens is 254 g/mol. The van der Waals surface area contributed by atoms with E-state index >= 15 is 0 Å². The third kappa shape index (κ3) is 2.71. The molecule has 2 N–H and O–H groups in total. The van der Waals surface area contributed by atoms with Crippen molar-refractivity contribution >= 4 is 11.3 Å². The number of hydrogen-bond acceptors (Lipinski definition) is 4. The van der Waals surface area contributed by atoms with Crippen LogP contribution in [0.25, 0.3) is 0 Å². The SMILES string of the molecule is CCN1CCCC(N)(c2nc3c(s2)CCCC3)CC1. The summed E-state index contributed by atoms with van der Waals surface area (Å²) in [5, 5.41) is 1.22. The van der Waals surface area contributed by atoms with Crippen LogP contribution in [-0.4, -0.2) is 29.5 Å². The monoisotopic (exact) mass is 279 g/mol. The smallest absolute Gasteiger partial charge is 0.113 e. The minimum absolute atomic E-state index is 0.161. The van der Waals surface area contributed by atoms with Crippen LogP contribution < -0.4 is 5.73 Å². The van der Waals surface area contributed by atoms with Crippen molar-refractivity contribution in [1.82, 2.24) is 9.88 Å². The Balaban J connectivity index is 1.81. The molecule has 3 rings (SSSR count). The van der Waals surface area contributed by atoms with Gasteiger partial charge >= 0.3 is 0 Å². The van der Waals surface area contributed by atoms with Crippen molar-refractivity contribution in [2.75, 3.05) is 19.6 Å². The maximum Gasteiger partial charge on any atom is 0.113 e. The van der Waals surface area contributed by atoms with E-state index in [0.29, 0.717) is 0 Å². The zero-order valence-electron chi connectivity index (χ0n) is 12.0. The van der Waals surface area contributed by atoms with Crippen molar-refractivity contribution in [2.24, 2.45) is 5.73 Å². The van der Waals surface area contributed by atoms with Gasteiger partial charge in [0.05, 0.1) is 11.2 Å². The van der Waals surface area contributed by atoms with E-state index in [1.165, 1.54) is 54.2 Å². The molecule has 4 heteroatoms. The highest BCUT2D eigenvalue weighted by Gasteiger charge is 2.34. The minimum Gasteiger partial charge on any atom is -0.319 e. The van der Waals surface area contributed by atoms with Crippen LogP contribution in [0.5, 0.6) is 0 Å². The fraction of sp³-hybridized carbons (Fsp3) is 0.800. The molecule has 19 heavy (non-hydrogen) atoms. The molecule has 0 spiro atoms. The molecule has 0 saturated carbocycles.